The molecule has 1 N–H and O–H groups in total. The minimum Gasteiger partial charge on any atom is -0.481 e. The number of likely N-dealkylation sites (N-methyl/N-ethyl adjacent to an activating group) is 1. The van der Waals surface area contributed by atoms with Crippen molar-refractivity contribution in [3.8, 4) is 0 Å². The largest absolute Gasteiger partial charge is 0.481 e. The van der Waals surface area contributed by atoms with Crippen molar-refractivity contribution in [1.29, 1.82) is 0 Å². The molecule has 0 radical (unpaired) electrons. The van der Waals surface area contributed by atoms with Crippen molar-refractivity contribution in [2.45, 2.75) is 10.9 Å². The van der Waals surface area contributed by atoms with Gasteiger partial charge in [-0.1, -0.05) is 0 Å². The topological polar surface area (TPSA) is 96.8 Å². The Labute approximate surface area is 117 Å². The van der Waals surface area contributed by atoms with E-state index < -0.39 is 27.8 Å². The predicted octanol–water partition coefficient (Wildman–Crippen LogP) is 0.0209. The zero-order valence-corrected chi connectivity index (χ0v) is 12.0. The summed E-state index contributed by atoms with van der Waals surface area (Å²) < 4.78 is 28.7. The minimum absolute atomic E-state index is 0.0820. The summed E-state index contributed by atoms with van der Waals surface area (Å²) in [5.74, 6) is -1.41. The van der Waals surface area contributed by atoms with Crippen LogP contribution in [0, 0.1) is 5.92 Å². The standard InChI is InChI=1S/C12H16N2O5S/c1-14(9-7-19-6-8(9)12(15)16)11-10(20(2,17)18)4-3-5-13-11/h3-5,8-9H,6-7H2,1-2H3,(H,15,16). The van der Waals surface area contributed by atoms with Gasteiger partial charge in [-0.05, 0) is 12.1 Å². The number of rotatable bonds is 4. The quantitative estimate of drug-likeness (QED) is 0.837. The van der Waals surface area contributed by atoms with Gasteiger partial charge in [-0.3, -0.25) is 4.79 Å². The van der Waals surface area contributed by atoms with Gasteiger partial charge in [0.25, 0.3) is 0 Å². The van der Waals surface area contributed by atoms with Gasteiger partial charge in [0.15, 0.2) is 9.84 Å². The SMILES string of the molecule is CN(c1ncccc1S(C)(=O)=O)C1COCC1C(=O)O. The van der Waals surface area contributed by atoms with Gasteiger partial charge in [-0.25, -0.2) is 13.4 Å². The van der Waals surface area contributed by atoms with E-state index in [9.17, 15) is 13.2 Å². The summed E-state index contributed by atoms with van der Waals surface area (Å²) in [5.41, 5.74) is 0. The van der Waals surface area contributed by atoms with Crippen molar-refractivity contribution in [3.63, 3.8) is 0 Å². The number of ether oxygens (including phenoxy) is 1. The molecule has 0 saturated carbocycles. The van der Waals surface area contributed by atoms with Gasteiger partial charge >= 0.3 is 5.97 Å². The van der Waals surface area contributed by atoms with Crippen molar-refractivity contribution in [3.05, 3.63) is 18.3 Å². The van der Waals surface area contributed by atoms with E-state index in [-0.39, 0.29) is 23.9 Å². The van der Waals surface area contributed by atoms with E-state index in [1.54, 1.807) is 11.9 Å². The van der Waals surface area contributed by atoms with Gasteiger partial charge < -0.3 is 14.7 Å². The molecule has 1 fully saturated rings. The number of anilines is 1. The molecule has 1 aliphatic rings. The second-order valence-electron chi connectivity index (χ2n) is 4.76. The first kappa shape index (κ1) is 14.7. The molecule has 20 heavy (non-hydrogen) atoms. The summed E-state index contributed by atoms with van der Waals surface area (Å²) >= 11 is 0. The van der Waals surface area contributed by atoms with Crippen LogP contribution in [0.2, 0.25) is 0 Å². The number of carboxylic acid groups (broad SMARTS) is 1. The Kier molecular flexibility index (Phi) is 3.96. The molecule has 0 amide bonds. The Balaban J connectivity index is 2.39. The minimum atomic E-state index is -3.44. The molecule has 1 aromatic rings. The molecular formula is C12H16N2O5S. The molecule has 0 spiro atoms. The van der Waals surface area contributed by atoms with Crippen molar-refractivity contribution >= 4 is 21.6 Å². The Bertz CT molecular complexity index is 616. The third kappa shape index (κ3) is 2.75. The maximum Gasteiger partial charge on any atom is 0.311 e. The number of sulfone groups is 1. The van der Waals surface area contributed by atoms with Gasteiger partial charge in [0.1, 0.15) is 16.6 Å². The third-order valence-corrected chi connectivity index (χ3v) is 4.47. The fourth-order valence-electron chi connectivity index (χ4n) is 2.25. The third-order valence-electron chi connectivity index (χ3n) is 3.35. The lowest BCUT2D eigenvalue weighted by Crippen LogP contribution is -2.41. The normalized spacial score (nSPS) is 22.7. The van der Waals surface area contributed by atoms with Gasteiger partial charge in [0.2, 0.25) is 0 Å². The van der Waals surface area contributed by atoms with E-state index in [0.717, 1.165) is 6.26 Å². The van der Waals surface area contributed by atoms with Gasteiger partial charge in [-0.2, -0.15) is 0 Å². The highest BCUT2D eigenvalue weighted by Gasteiger charge is 2.38. The molecule has 2 rings (SSSR count). The van der Waals surface area contributed by atoms with Crippen LogP contribution in [0.15, 0.2) is 23.2 Å². The van der Waals surface area contributed by atoms with Crippen molar-refractivity contribution < 1.29 is 23.1 Å². The molecule has 110 valence electrons. The van der Waals surface area contributed by atoms with Crippen LogP contribution in [0.3, 0.4) is 0 Å². The van der Waals surface area contributed by atoms with E-state index in [2.05, 4.69) is 4.98 Å². The number of aromatic nitrogens is 1. The molecule has 7 nitrogen and oxygen atoms in total. The highest BCUT2D eigenvalue weighted by atomic mass is 32.2. The summed E-state index contributed by atoms with van der Waals surface area (Å²) in [6, 6.07) is 2.55. The molecule has 0 bridgehead atoms. The maximum absolute atomic E-state index is 11.8. The average Bonchev–Trinajstić information content (AvgIpc) is 2.86. The summed E-state index contributed by atoms with van der Waals surface area (Å²) in [5, 5.41) is 9.16. The summed E-state index contributed by atoms with van der Waals surface area (Å²) in [4.78, 5) is 16.9. The van der Waals surface area contributed by atoms with Crippen LogP contribution < -0.4 is 4.90 Å². The second kappa shape index (κ2) is 5.37. The Morgan fingerprint density at radius 2 is 2.20 bits per heavy atom. The van der Waals surface area contributed by atoms with Gasteiger partial charge in [0, 0.05) is 19.5 Å². The molecule has 2 heterocycles. The van der Waals surface area contributed by atoms with Crippen molar-refractivity contribution in [1.82, 2.24) is 4.98 Å². The number of carbonyl (C=O) groups is 1. The Hall–Kier alpha value is -1.67. The number of hydrogen-bond acceptors (Lipinski definition) is 6. The van der Waals surface area contributed by atoms with E-state index in [0.29, 0.717) is 0 Å². The van der Waals surface area contributed by atoms with Crippen molar-refractivity contribution in [2.24, 2.45) is 5.92 Å². The first-order valence-electron chi connectivity index (χ1n) is 6.01. The van der Waals surface area contributed by atoms with Crippen LogP contribution in [0.1, 0.15) is 0 Å². The number of aliphatic carboxylic acids is 1. The van der Waals surface area contributed by atoms with Gasteiger partial charge in [-0.15, -0.1) is 0 Å². The average molecular weight is 300 g/mol. The highest BCUT2D eigenvalue weighted by molar-refractivity contribution is 7.90. The molecule has 1 aliphatic heterocycles. The molecule has 0 aromatic carbocycles. The number of pyridine rings is 1. The summed E-state index contributed by atoms with van der Waals surface area (Å²) in [6.45, 7) is 0.346. The lowest BCUT2D eigenvalue weighted by atomic mass is 10.0. The van der Waals surface area contributed by atoms with Crippen LogP contribution >= 0.6 is 0 Å². The zero-order chi connectivity index (χ0) is 14.9. The molecule has 1 aromatic heterocycles. The lowest BCUT2D eigenvalue weighted by Gasteiger charge is -2.28. The summed E-state index contributed by atoms with van der Waals surface area (Å²) in [6.07, 6.45) is 2.58. The smallest absolute Gasteiger partial charge is 0.311 e. The fraction of sp³-hybridized carbons (Fsp3) is 0.500. The monoisotopic (exact) mass is 300 g/mol. The molecule has 0 aliphatic carbocycles. The molecule has 2 atom stereocenters. The van der Waals surface area contributed by atoms with Crippen LogP contribution in [0.5, 0.6) is 0 Å². The van der Waals surface area contributed by atoms with Crippen LogP contribution in [0.25, 0.3) is 0 Å². The zero-order valence-electron chi connectivity index (χ0n) is 11.2. The van der Waals surface area contributed by atoms with E-state index in [1.807, 2.05) is 0 Å². The van der Waals surface area contributed by atoms with E-state index in [4.69, 9.17) is 9.84 Å². The van der Waals surface area contributed by atoms with Crippen LogP contribution in [-0.4, -0.2) is 57.0 Å². The Morgan fingerprint density at radius 1 is 1.50 bits per heavy atom. The second-order valence-corrected chi connectivity index (χ2v) is 6.74. The predicted molar refractivity (Wildman–Crippen MR) is 71.5 cm³/mol. The number of carboxylic acids is 1. The number of nitrogens with zero attached hydrogens (tertiary/aromatic N) is 2. The molecule has 2 unspecified atom stereocenters. The molecular weight excluding hydrogens is 284 g/mol. The van der Waals surface area contributed by atoms with E-state index in [1.165, 1.54) is 18.3 Å². The first-order chi connectivity index (χ1) is 9.32. The van der Waals surface area contributed by atoms with Crippen molar-refractivity contribution in [2.75, 3.05) is 31.4 Å². The fourth-order valence-corrected chi connectivity index (χ4v) is 3.11. The van der Waals surface area contributed by atoms with E-state index >= 15 is 0 Å². The van der Waals surface area contributed by atoms with Crippen LogP contribution in [-0.2, 0) is 19.4 Å². The molecule has 8 heteroatoms. The first-order valence-corrected chi connectivity index (χ1v) is 7.90. The van der Waals surface area contributed by atoms with Gasteiger partial charge in [0.05, 0.1) is 19.3 Å². The Morgan fingerprint density at radius 3 is 2.80 bits per heavy atom. The highest BCUT2D eigenvalue weighted by Crippen LogP contribution is 2.27. The van der Waals surface area contributed by atoms with Crippen LogP contribution in [0.4, 0.5) is 5.82 Å². The summed E-state index contributed by atoms with van der Waals surface area (Å²) in [7, 11) is -1.81. The lowest BCUT2D eigenvalue weighted by molar-refractivity contribution is -0.141. The molecule has 1 saturated heterocycles. The maximum atomic E-state index is 11.8. The number of hydrogen-bond donors (Lipinski definition) is 1.